The zero-order chi connectivity index (χ0) is 11.0. The van der Waals surface area contributed by atoms with E-state index in [2.05, 4.69) is 4.98 Å². The minimum atomic E-state index is -0.0428. The predicted octanol–water partition coefficient (Wildman–Crippen LogP) is 0.462. The molecule has 2 atom stereocenters. The van der Waals surface area contributed by atoms with Gasteiger partial charge in [-0.25, -0.2) is 4.98 Å². The molecule has 90 valence electrons. The molecule has 5 nitrogen and oxygen atoms in total. The number of nitrogens with two attached hydrogens (primary N) is 1. The summed E-state index contributed by atoms with van der Waals surface area (Å²) < 4.78 is 1.92. The van der Waals surface area contributed by atoms with Gasteiger partial charge in [-0.1, -0.05) is 0 Å². The number of amides is 1. The van der Waals surface area contributed by atoms with Crippen LogP contribution in [-0.2, 0) is 11.8 Å². The maximum Gasteiger partial charge on any atom is 0.222 e. The third-order valence-corrected chi connectivity index (χ3v) is 3.06. The Balaban J connectivity index is 0.00000128. The van der Waals surface area contributed by atoms with Crippen molar-refractivity contribution in [2.24, 2.45) is 12.8 Å². The summed E-state index contributed by atoms with van der Waals surface area (Å²) in [7, 11) is 3.72. The lowest BCUT2D eigenvalue weighted by atomic mass is 9.95. The third-order valence-electron chi connectivity index (χ3n) is 3.06. The molecule has 2 rings (SSSR count). The fraction of sp³-hybridized carbons (Fsp3) is 0.600. The summed E-state index contributed by atoms with van der Waals surface area (Å²) in [4.78, 5) is 17.4. The highest BCUT2D eigenvalue weighted by Gasteiger charge is 2.33. The number of likely N-dealkylation sites (tertiary alicyclic amines) is 1. The first kappa shape index (κ1) is 13.0. The number of aryl methyl sites for hydroxylation is 1. The molecule has 1 saturated heterocycles. The fourth-order valence-electron chi connectivity index (χ4n) is 2.14. The molecule has 0 bridgehead atoms. The Hall–Kier alpha value is -1.07. The normalized spacial score (nSPS) is 25.4. The lowest BCUT2D eigenvalue weighted by molar-refractivity contribution is -0.135. The molecule has 6 heteroatoms. The molecule has 0 spiro atoms. The molecule has 1 fully saturated rings. The van der Waals surface area contributed by atoms with E-state index in [0.717, 1.165) is 12.1 Å². The highest BCUT2D eigenvalue weighted by atomic mass is 35.5. The van der Waals surface area contributed by atoms with Crippen molar-refractivity contribution in [2.45, 2.75) is 24.9 Å². The number of halogens is 1. The van der Waals surface area contributed by atoms with Crippen molar-refractivity contribution in [2.75, 3.05) is 7.05 Å². The minimum Gasteiger partial charge on any atom is -0.336 e. The van der Waals surface area contributed by atoms with E-state index < -0.39 is 0 Å². The maximum atomic E-state index is 11.6. The molecule has 2 N–H and O–H groups in total. The van der Waals surface area contributed by atoms with Gasteiger partial charge < -0.3 is 15.2 Å². The Labute approximate surface area is 101 Å². The van der Waals surface area contributed by atoms with Crippen LogP contribution in [0, 0.1) is 0 Å². The Morgan fingerprint density at radius 2 is 2.19 bits per heavy atom. The summed E-state index contributed by atoms with van der Waals surface area (Å²) in [6.45, 7) is 0. The van der Waals surface area contributed by atoms with Gasteiger partial charge in [-0.05, 0) is 6.42 Å². The molecule has 1 aliphatic rings. The van der Waals surface area contributed by atoms with Gasteiger partial charge >= 0.3 is 0 Å². The van der Waals surface area contributed by atoms with Crippen LogP contribution in [0.3, 0.4) is 0 Å². The summed E-state index contributed by atoms with van der Waals surface area (Å²) in [5.41, 5.74) is 7.05. The van der Waals surface area contributed by atoms with Gasteiger partial charge in [0, 0.05) is 26.6 Å². The lowest BCUT2D eigenvalue weighted by Crippen LogP contribution is -2.47. The Kier molecular flexibility index (Phi) is 3.93. The second-order valence-corrected chi connectivity index (χ2v) is 4.08. The van der Waals surface area contributed by atoms with Gasteiger partial charge in [0.1, 0.15) is 0 Å². The molecule has 0 aliphatic carbocycles. The van der Waals surface area contributed by atoms with Gasteiger partial charge in [-0.3, -0.25) is 4.79 Å². The van der Waals surface area contributed by atoms with Gasteiger partial charge in [0.25, 0.3) is 0 Å². The average Bonchev–Trinajstić information content (AvgIpc) is 2.60. The smallest absolute Gasteiger partial charge is 0.222 e. The standard InChI is InChI=1S/C10H16N4O.ClH/c1-13-6-12-5-8(13)10-7(11)3-4-9(15)14(10)2;/h5-7,10H,3-4,11H2,1-2H3;1H. The maximum absolute atomic E-state index is 11.6. The Morgan fingerprint density at radius 1 is 1.50 bits per heavy atom. The first-order valence-electron chi connectivity index (χ1n) is 5.08. The van der Waals surface area contributed by atoms with E-state index in [-0.39, 0.29) is 30.4 Å². The van der Waals surface area contributed by atoms with E-state index in [1.165, 1.54) is 0 Å². The SMILES string of the molecule is CN1C(=O)CCC(N)C1c1cncn1C.Cl. The second kappa shape index (κ2) is 4.84. The van der Waals surface area contributed by atoms with Crippen molar-refractivity contribution in [1.29, 1.82) is 0 Å². The number of hydrogen-bond acceptors (Lipinski definition) is 3. The van der Waals surface area contributed by atoms with Crippen LogP contribution in [-0.4, -0.2) is 33.4 Å². The van der Waals surface area contributed by atoms with Crippen molar-refractivity contribution in [3.8, 4) is 0 Å². The van der Waals surface area contributed by atoms with Gasteiger partial charge in [-0.15, -0.1) is 12.4 Å². The van der Waals surface area contributed by atoms with Crippen LogP contribution in [0.5, 0.6) is 0 Å². The lowest BCUT2D eigenvalue weighted by Gasteiger charge is -2.37. The molecule has 1 aromatic rings. The molecule has 0 radical (unpaired) electrons. The molecule has 2 unspecified atom stereocenters. The van der Waals surface area contributed by atoms with E-state index in [1.54, 1.807) is 24.5 Å². The van der Waals surface area contributed by atoms with Crippen LogP contribution in [0.25, 0.3) is 0 Å². The van der Waals surface area contributed by atoms with Crippen molar-refractivity contribution in [3.63, 3.8) is 0 Å². The summed E-state index contributed by atoms with van der Waals surface area (Å²) in [5, 5.41) is 0. The molecule has 1 aromatic heterocycles. The molecule has 16 heavy (non-hydrogen) atoms. The monoisotopic (exact) mass is 244 g/mol. The van der Waals surface area contributed by atoms with Gasteiger partial charge in [0.05, 0.1) is 24.3 Å². The van der Waals surface area contributed by atoms with E-state index in [1.807, 2.05) is 11.6 Å². The van der Waals surface area contributed by atoms with Crippen LogP contribution in [0.1, 0.15) is 24.6 Å². The van der Waals surface area contributed by atoms with E-state index >= 15 is 0 Å². The molecule has 0 saturated carbocycles. The summed E-state index contributed by atoms with van der Waals surface area (Å²) in [6, 6.07) is -0.0400. The first-order chi connectivity index (χ1) is 7.11. The Bertz CT molecular complexity index is 379. The molecule has 1 amide bonds. The molecule has 2 heterocycles. The Morgan fingerprint density at radius 3 is 2.75 bits per heavy atom. The largest absolute Gasteiger partial charge is 0.336 e. The predicted molar refractivity (Wildman–Crippen MR) is 63.2 cm³/mol. The van der Waals surface area contributed by atoms with Crippen LogP contribution in [0.2, 0.25) is 0 Å². The number of piperidine rings is 1. The number of imidazole rings is 1. The number of carbonyl (C=O) groups excluding carboxylic acids is 1. The van der Waals surface area contributed by atoms with Crippen LogP contribution in [0.15, 0.2) is 12.5 Å². The van der Waals surface area contributed by atoms with Crippen molar-refractivity contribution < 1.29 is 4.79 Å². The summed E-state index contributed by atoms with van der Waals surface area (Å²) in [6.07, 6.45) is 4.81. The third kappa shape index (κ3) is 2.05. The van der Waals surface area contributed by atoms with Crippen LogP contribution in [0.4, 0.5) is 0 Å². The topological polar surface area (TPSA) is 64.2 Å². The van der Waals surface area contributed by atoms with Crippen LogP contribution < -0.4 is 5.73 Å². The highest BCUT2D eigenvalue weighted by molar-refractivity contribution is 5.85. The molecular weight excluding hydrogens is 228 g/mol. The van der Waals surface area contributed by atoms with E-state index in [9.17, 15) is 4.79 Å². The van der Waals surface area contributed by atoms with Crippen molar-refractivity contribution >= 4 is 18.3 Å². The van der Waals surface area contributed by atoms with Crippen molar-refractivity contribution in [1.82, 2.24) is 14.5 Å². The molecule has 0 aromatic carbocycles. The average molecular weight is 245 g/mol. The van der Waals surface area contributed by atoms with Gasteiger partial charge in [-0.2, -0.15) is 0 Å². The van der Waals surface area contributed by atoms with E-state index in [4.69, 9.17) is 5.73 Å². The molecule has 1 aliphatic heterocycles. The highest BCUT2D eigenvalue weighted by Crippen LogP contribution is 2.28. The fourth-order valence-corrected chi connectivity index (χ4v) is 2.14. The number of nitrogens with zero attached hydrogens (tertiary/aromatic N) is 3. The number of likely N-dealkylation sites (N-methyl/N-ethyl adjacent to an activating group) is 1. The number of carbonyl (C=O) groups is 1. The second-order valence-electron chi connectivity index (χ2n) is 4.08. The quantitative estimate of drug-likeness (QED) is 0.781. The minimum absolute atomic E-state index is 0. The number of hydrogen-bond donors (Lipinski definition) is 1. The van der Waals surface area contributed by atoms with Crippen LogP contribution >= 0.6 is 12.4 Å². The number of aromatic nitrogens is 2. The zero-order valence-electron chi connectivity index (χ0n) is 9.46. The van der Waals surface area contributed by atoms with Gasteiger partial charge in [0.2, 0.25) is 5.91 Å². The zero-order valence-corrected chi connectivity index (χ0v) is 10.3. The van der Waals surface area contributed by atoms with E-state index in [0.29, 0.717) is 6.42 Å². The first-order valence-corrected chi connectivity index (χ1v) is 5.08. The van der Waals surface area contributed by atoms with Crippen molar-refractivity contribution in [3.05, 3.63) is 18.2 Å². The number of rotatable bonds is 1. The van der Waals surface area contributed by atoms with Gasteiger partial charge in [0.15, 0.2) is 0 Å². The molecular formula is C10H17ClN4O. The summed E-state index contributed by atoms with van der Waals surface area (Å²) in [5.74, 6) is 0.155. The summed E-state index contributed by atoms with van der Waals surface area (Å²) >= 11 is 0.